The van der Waals surface area contributed by atoms with Gasteiger partial charge in [0.1, 0.15) is 0 Å². The highest BCUT2D eigenvalue weighted by Crippen LogP contribution is 2.25. The highest BCUT2D eigenvalue weighted by Gasteiger charge is 2.19. The zero-order valence-corrected chi connectivity index (χ0v) is 16.8. The second-order valence-corrected chi connectivity index (χ2v) is 9.22. The predicted molar refractivity (Wildman–Crippen MR) is 110 cm³/mol. The molecular weight excluding hydrogens is 370 g/mol. The van der Waals surface area contributed by atoms with Gasteiger partial charge in [-0.1, -0.05) is 38.1 Å². The second-order valence-electron chi connectivity index (χ2n) is 7.27. The van der Waals surface area contributed by atoms with Crippen LogP contribution in [0.1, 0.15) is 30.9 Å². The molecule has 0 amide bonds. The van der Waals surface area contributed by atoms with Crippen LogP contribution in [0.3, 0.4) is 0 Å². The Kier molecular flexibility index (Phi) is 4.81. The lowest BCUT2D eigenvalue weighted by molar-refractivity contribution is 0.596. The number of fused-ring (bicyclic) bond motifs is 1. The summed E-state index contributed by atoms with van der Waals surface area (Å²) >= 11 is 0. The standard InChI is InChI=1S/C22H23N3O2S/c1-17(2)19-5-3-6-21(15-19)28(26,27)20-9-7-18(8-10-20)16-25-13-4-12-24-14-11-23-22(24)25/h3-11,13-15,17H,12,16H2,1-2H3. The number of imidazole rings is 1. The first-order chi connectivity index (χ1) is 13.4. The lowest BCUT2D eigenvalue weighted by Crippen LogP contribution is -2.22. The molecule has 1 aromatic heterocycles. The molecule has 5 nitrogen and oxygen atoms in total. The van der Waals surface area contributed by atoms with Crippen LogP contribution in [0.2, 0.25) is 0 Å². The van der Waals surface area contributed by atoms with Gasteiger partial charge in [0.25, 0.3) is 0 Å². The molecule has 6 heteroatoms. The normalized spacial score (nSPS) is 13.8. The van der Waals surface area contributed by atoms with Crippen LogP contribution in [0.15, 0.2) is 83.0 Å². The molecule has 0 atom stereocenters. The maximum atomic E-state index is 13.0. The van der Waals surface area contributed by atoms with Crippen molar-refractivity contribution in [1.82, 2.24) is 9.55 Å². The van der Waals surface area contributed by atoms with E-state index in [0.717, 1.165) is 23.6 Å². The Hall–Kier alpha value is -2.86. The Balaban J connectivity index is 1.57. The fourth-order valence-corrected chi connectivity index (χ4v) is 4.64. The van der Waals surface area contributed by atoms with Crippen molar-refractivity contribution in [3.05, 3.63) is 84.3 Å². The van der Waals surface area contributed by atoms with Crippen molar-refractivity contribution in [2.75, 3.05) is 4.90 Å². The van der Waals surface area contributed by atoms with Gasteiger partial charge in [0.2, 0.25) is 15.8 Å². The molecule has 1 aliphatic heterocycles. The van der Waals surface area contributed by atoms with Crippen LogP contribution >= 0.6 is 0 Å². The molecule has 2 heterocycles. The summed E-state index contributed by atoms with van der Waals surface area (Å²) in [4.78, 5) is 7.10. The maximum absolute atomic E-state index is 13.0. The molecule has 0 unspecified atom stereocenters. The molecule has 0 fully saturated rings. The average molecular weight is 394 g/mol. The minimum atomic E-state index is -3.53. The van der Waals surface area contributed by atoms with E-state index < -0.39 is 9.84 Å². The van der Waals surface area contributed by atoms with E-state index in [2.05, 4.69) is 34.4 Å². The van der Waals surface area contributed by atoms with Crippen LogP contribution in [0, 0.1) is 0 Å². The molecule has 1 aliphatic rings. The summed E-state index contributed by atoms with van der Waals surface area (Å²) in [6, 6.07) is 14.3. The van der Waals surface area contributed by atoms with Crippen molar-refractivity contribution >= 4 is 15.8 Å². The lowest BCUT2D eigenvalue weighted by Gasteiger charge is -2.24. The Labute approximate surface area is 165 Å². The third-order valence-corrected chi connectivity index (χ3v) is 6.73. The maximum Gasteiger partial charge on any atom is 0.210 e. The van der Waals surface area contributed by atoms with E-state index in [1.807, 2.05) is 30.6 Å². The third kappa shape index (κ3) is 3.47. The molecule has 0 spiro atoms. The number of allylic oxidation sites excluding steroid dienone is 1. The number of benzene rings is 2. The van der Waals surface area contributed by atoms with Crippen LogP contribution in [-0.4, -0.2) is 18.0 Å². The molecule has 0 saturated carbocycles. The summed E-state index contributed by atoms with van der Waals surface area (Å²) in [6.07, 6.45) is 7.84. The Morgan fingerprint density at radius 1 is 1.07 bits per heavy atom. The van der Waals surface area contributed by atoms with Crippen LogP contribution in [0.25, 0.3) is 0 Å². The van der Waals surface area contributed by atoms with Gasteiger partial charge in [-0.25, -0.2) is 13.4 Å². The fourth-order valence-electron chi connectivity index (χ4n) is 3.33. The number of hydrogen-bond acceptors (Lipinski definition) is 4. The van der Waals surface area contributed by atoms with Gasteiger partial charge in [0, 0.05) is 25.1 Å². The minimum Gasteiger partial charge on any atom is -0.314 e. The molecule has 0 radical (unpaired) electrons. The Morgan fingerprint density at radius 2 is 1.86 bits per heavy atom. The Morgan fingerprint density at radius 3 is 2.61 bits per heavy atom. The van der Waals surface area contributed by atoms with Crippen LogP contribution < -0.4 is 4.90 Å². The highest BCUT2D eigenvalue weighted by atomic mass is 32.2. The molecule has 28 heavy (non-hydrogen) atoms. The fraction of sp³-hybridized carbons (Fsp3) is 0.227. The first-order valence-corrected chi connectivity index (χ1v) is 10.8. The molecule has 3 aromatic rings. The van der Waals surface area contributed by atoms with Gasteiger partial charge in [-0.3, -0.25) is 0 Å². The highest BCUT2D eigenvalue weighted by molar-refractivity contribution is 7.91. The summed E-state index contributed by atoms with van der Waals surface area (Å²) in [5.41, 5.74) is 2.04. The van der Waals surface area contributed by atoms with E-state index in [0.29, 0.717) is 16.3 Å². The monoisotopic (exact) mass is 393 g/mol. The largest absolute Gasteiger partial charge is 0.314 e. The van der Waals surface area contributed by atoms with Crippen molar-refractivity contribution in [3.8, 4) is 0 Å². The number of anilines is 1. The van der Waals surface area contributed by atoms with Gasteiger partial charge in [0.15, 0.2) is 0 Å². The molecule has 0 aliphatic carbocycles. The first kappa shape index (κ1) is 18.5. The second kappa shape index (κ2) is 7.28. The van der Waals surface area contributed by atoms with Crippen molar-refractivity contribution in [2.45, 2.75) is 42.6 Å². The minimum absolute atomic E-state index is 0.280. The molecule has 0 saturated heterocycles. The smallest absolute Gasteiger partial charge is 0.210 e. The molecule has 4 rings (SSSR count). The van der Waals surface area contributed by atoms with E-state index in [1.165, 1.54) is 0 Å². The van der Waals surface area contributed by atoms with E-state index in [9.17, 15) is 8.42 Å². The number of nitrogens with zero attached hydrogens (tertiary/aromatic N) is 3. The quantitative estimate of drug-likeness (QED) is 0.646. The molecule has 0 bridgehead atoms. The number of rotatable bonds is 5. The average Bonchev–Trinajstić information content (AvgIpc) is 3.18. The summed E-state index contributed by atoms with van der Waals surface area (Å²) in [6.45, 7) is 5.57. The van der Waals surface area contributed by atoms with Crippen molar-refractivity contribution in [1.29, 1.82) is 0 Å². The van der Waals surface area contributed by atoms with Crippen LogP contribution in [0.4, 0.5) is 5.95 Å². The van der Waals surface area contributed by atoms with E-state index in [4.69, 9.17) is 0 Å². The summed E-state index contributed by atoms with van der Waals surface area (Å²) < 4.78 is 28.1. The van der Waals surface area contributed by atoms with E-state index in [1.54, 1.807) is 36.5 Å². The van der Waals surface area contributed by atoms with Crippen LogP contribution in [-0.2, 0) is 22.9 Å². The van der Waals surface area contributed by atoms with Crippen molar-refractivity contribution in [3.63, 3.8) is 0 Å². The van der Waals surface area contributed by atoms with Gasteiger partial charge in [-0.05, 0) is 47.4 Å². The summed E-state index contributed by atoms with van der Waals surface area (Å²) in [7, 11) is -3.53. The van der Waals surface area contributed by atoms with E-state index in [-0.39, 0.29) is 5.92 Å². The van der Waals surface area contributed by atoms with Gasteiger partial charge >= 0.3 is 0 Å². The number of aromatic nitrogens is 2. The van der Waals surface area contributed by atoms with E-state index >= 15 is 0 Å². The summed E-state index contributed by atoms with van der Waals surface area (Å²) in [5.74, 6) is 1.17. The van der Waals surface area contributed by atoms with Gasteiger partial charge in [-0.15, -0.1) is 0 Å². The molecule has 144 valence electrons. The van der Waals surface area contributed by atoms with Crippen molar-refractivity contribution in [2.24, 2.45) is 0 Å². The number of hydrogen-bond donors (Lipinski definition) is 0. The third-order valence-electron chi connectivity index (χ3n) is 4.96. The molecule has 2 aromatic carbocycles. The SMILES string of the molecule is CC(C)c1cccc(S(=O)(=O)c2ccc(CN3C=CCn4ccnc43)cc2)c1. The van der Waals surface area contributed by atoms with Crippen molar-refractivity contribution < 1.29 is 8.42 Å². The van der Waals surface area contributed by atoms with Gasteiger partial charge < -0.3 is 9.47 Å². The topological polar surface area (TPSA) is 55.2 Å². The summed E-state index contributed by atoms with van der Waals surface area (Å²) in [5, 5.41) is 0. The Bertz CT molecular complexity index is 1110. The van der Waals surface area contributed by atoms with Crippen LogP contribution in [0.5, 0.6) is 0 Å². The predicted octanol–water partition coefficient (Wildman–Crippen LogP) is 4.37. The molecule has 0 N–H and O–H groups in total. The zero-order chi connectivity index (χ0) is 19.7. The van der Waals surface area contributed by atoms with Gasteiger partial charge in [0.05, 0.1) is 16.3 Å². The number of sulfone groups is 1. The zero-order valence-electron chi connectivity index (χ0n) is 16.0. The molecular formula is C22H23N3O2S. The van der Waals surface area contributed by atoms with Gasteiger partial charge in [-0.2, -0.15) is 0 Å². The lowest BCUT2D eigenvalue weighted by atomic mass is 10.0. The first-order valence-electron chi connectivity index (χ1n) is 9.33.